The SMILES string of the molecule is CC1(C)c2ccccc2-c2ccc(N(c3ccccc3)c3ccc(C(c4ccccc4)(c4ccccc4)c4cccc5c4oc4ccccc45)cc3)cc21. The van der Waals surface area contributed by atoms with Crippen molar-refractivity contribution >= 4 is 39.0 Å². The van der Waals surface area contributed by atoms with Gasteiger partial charge >= 0.3 is 0 Å². The van der Waals surface area contributed by atoms with Crippen LogP contribution in [0.5, 0.6) is 0 Å². The zero-order chi connectivity index (χ0) is 36.3. The van der Waals surface area contributed by atoms with Crippen LogP contribution >= 0.6 is 0 Å². The van der Waals surface area contributed by atoms with Crippen molar-refractivity contribution in [2.45, 2.75) is 24.7 Å². The second-order valence-corrected chi connectivity index (χ2v) is 14.9. The van der Waals surface area contributed by atoms with E-state index in [-0.39, 0.29) is 5.41 Å². The molecule has 0 fully saturated rings. The van der Waals surface area contributed by atoms with Gasteiger partial charge in [0.15, 0.2) is 0 Å². The number of anilines is 3. The molecule has 0 saturated heterocycles. The number of hydrogen-bond donors (Lipinski definition) is 0. The van der Waals surface area contributed by atoms with Gasteiger partial charge in [-0.2, -0.15) is 0 Å². The normalized spacial score (nSPS) is 13.1. The van der Waals surface area contributed by atoms with E-state index in [0.717, 1.165) is 50.1 Å². The van der Waals surface area contributed by atoms with Gasteiger partial charge in [0.2, 0.25) is 0 Å². The van der Waals surface area contributed by atoms with Gasteiger partial charge in [0.1, 0.15) is 11.2 Å². The van der Waals surface area contributed by atoms with E-state index >= 15 is 0 Å². The van der Waals surface area contributed by atoms with E-state index in [4.69, 9.17) is 4.42 Å². The zero-order valence-electron chi connectivity index (χ0n) is 30.4. The molecule has 0 atom stereocenters. The molecule has 54 heavy (non-hydrogen) atoms. The third kappa shape index (κ3) is 4.80. The number of benzene rings is 8. The monoisotopic (exact) mass is 693 g/mol. The molecule has 1 aliphatic rings. The van der Waals surface area contributed by atoms with Gasteiger partial charge in [-0.1, -0.05) is 172 Å². The minimum absolute atomic E-state index is 0.100. The van der Waals surface area contributed by atoms with E-state index < -0.39 is 5.41 Å². The molecule has 10 rings (SSSR count). The van der Waals surface area contributed by atoms with Crippen LogP contribution in [-0.2, 0) is 10.8 Å². The minimum Gasteiger partial charge on any atom is -0.456 e. The Balaban J connectivity index is 1.19. The summed E-state index contributed by atoms with van der Waals surface area (Å²) in [5.74, 6) is 0. The largest absolute Gasteiger partial charge is 0.456 e. The van der Waals surface area contributed by atoms with E-state index in [1.54, 1.807) is 0 Å². The minimum atomic E-state index is -0.671. The summed E-state index contributed by atoms with van der Waals surface area (Å²) in [6.07, 6.45) is 0. The molecule has 0 spiro atoms. The topological polar surface area (TPSA) is 16.4 Å². The first-order valence-corrected chi connectivity index (χ1v) is 18.8. The first-order chi connectivity index (χ1) is 26.5. The standard InChI is InChI=1S/C52H39NO/c1-51(2)46-26-14-12-23-42(46)43-34-33-41(35-48(43)51)53(39-21-10-5-11-22-39)40-31-29-38(30-32-40)52(36-17-6-3-7-18-36,37-19-8-4-9-20-37)47-27-16-25-45-44-24-13-15-28-49(44)54-50(45)47/h3-35H,1-2H3. The van der Waals surface area contributed by atoms with Crippen LogP contribution < -0.4 is 4.90 Å². The summed E-state index contributed by atoms with van der Waals surface area (Å²) >= 11 is 0. The van der Waals surface area contributed by atoms with Crippen LogP contribution in [0.25, 0.3) is 33.1 Å². The predicted octanol–water partition coefficient (Wildman–Crippen LogP) is 13.7. The van der Waals surface area contributed by atoms with Gasteiger partial charge < -0.3 is 9.32 Å². The lowest BCUT2D eigenvalue weighted by atomic mass is 9.65. The molecule has 1 heterocycles. The average molecular weight is 694 g/mol. The lowest BCUT2D eigenvalue weighted by Crippen LogP contribution is -2.31. The number of fused-ring (bicyclic) bond motifs is 6. The quantitative estimate of drug-likeness (QED) is 0.155. The smallest absolute Gasteiger partial charge is 0.140 e. The van der Waals surface area contributed by atoms with Gasteiger partial charge in [-0.25, -0.2) is 0 Å². The van der Waals surface area contributed by atoms with E-state index in [0.29, 0.717) is 0 Å². The maximum absolute atomic E-state index is 6.80. The second kappa shape index (κ2) is 12.5. The van der Waals surface area contributed by atoms with Crippen LogP contribution in [0.3, 0.4) is 0 Å². The highest BCUT2D eigenvalue weighted by atomic mass is 16.3. The van der Waals surface area contributed by atoms with Gasteiger partial charge in [-0.05, 0) is 81.4 Å². The van der Waals surface area contributed by atoms with Crippen molar-refractivity contribution in [1.29, 1.82) is 0 Å². The molecule has 0 radical (unpaired) electrons. The van der Waals surface area contributed by atoms with Crippen LogP contribution in [0.1, 0.15) is 47.2 Å². The highest BCUT2D eigenvalue weighted by Crippen LogP contribution is 2.52. The summed E-state index contributed by atoms with van der Waals surface area (Å²) in [7, 11) is 0. The Bertz CT molecular complexity index is 2740. The maximum atomic E-state index is 6.80. The fourth-order valence-electron chi connectivity index (χ4n) is 9.10. The third-order valence-electron chi connectivity index (χ3n) is 11.6. The molecule has 1 aliphatic carbocycles. The van der Waals surface area contributed by atoms with Crippen molar-refractivity contribution in [2.24, 2.45) is 0 Å². The third-order valence-corrected chi connectivity index (χ3v) is 11.6. The van der Waals surface area contributed by atoms with Crippen molar-refractivity contribution in [1.82, 2.24) is 0 Å². The van der Waals surface area contributed by atoms with E-state index in [9.17, 15) is 0 Å². The predicted molar refractivity (Wildman–Crippen MR) is 224 cm³/mol. The molecule has 0 bridgehead atoms. The summed E-state index contributed by atoms with van der Waals surface area (Å²) in [4.78, 5) is 2.38. The number of furan rings is 1. The summed E-state index contributed by atoms with van der Waals surface area (Å²) < 4.78 is 6.80. The fourth-order valence-corrected chi connectivity index (χ4v) is 9.10. The van der Waals surface area contributed by atoms with Crippen LogP contribution in [0.15, 0.2) is 205 Å². The molecule has 0 unspecified atom stereocenters. The average Bonchev–Trinajstić information content (AvgIpc) is 3.72. The molecule has 2 nitrogen and oxygen atoms in total. The number of rotatable bonds is 7. The Hall–Kier alpha value is -6.64. The van der Waals surface area contributed by atoms with Crippen LogP contribution in [-0.4, -0.2) is 0 Å². The first-order valence-electron chi connectivity index (χ1n) is 18.8. The van der Waals surface area contributed by atoms with Gasteiger partial charge in [0.05, 0.1) is 5.41 Å². The second-order valence-electron chi connectivity index (χ2n) is 14.9. The molecule has 0 aliphatic heterocycles. The molecule has 0 saturated carbocycles. The molecule has 1 aromatic heterocycles. The summed E-state index contributed by atoms with van der Waals surface area (Å²) in [5, 5.41) is 2.24. The highest BCUT2D eigenvalue weighted by molar-refractivity contribution is 6.06. The van der Waals surface area contributed by atoms with Crippen molar-refractivity contribution in [3.05, 3.63) is 234 Å². The Kier molecular flexibility index (Phi) is 7.42. The molecule has 2 heteroatoms. The molecule has 0 N–H and O–H groups in total. The molecular formula is C52H39NO. The van der Waals surface area contributed by atoms with E-state index in [1.165, 1.54) is 33.4 Å². The Morgan fingerprint density at radius 1 is 0.426 bits per heavy atom. The molecule has 9 aromatic rings. The van der Waals surface area contributed by atoms with E-state index in [1.807, 2.05) is 6.07 Å². The van der Waals surface area contributed by atoms with Crippen LogP contribution in [0.4, 0.5) is 17.1 Å². The Morgan fingerprint density at radius 3 is 1.69 bits per heavy atom. The Labute approximate surface area is 316 Å². The van der Waals surface area contributed by atoms with Crippen molar-refractivity contribution in [3.63, 3.8) is 0 Å². The van der Waals surface area contributed by atoms with Crippen LogP contribution in [0.2, 0.25) is 0 Å². The van der Waals surface area contributed by atoms with E-state index in [2.05, 4.69) is 213 Å². The number of hydrogen-bond acceptors (Lipinski definition) is 2. The van der Waals surface area contributed by atoms with Crippen molar-refractivity contribution in [2.75, 3.05) is 4.90 Å². The fraction of sp³-hybridized carbons (Fsp3) is 0.0769. The van der Waals surface area contributed by atoms with Crippen molar-refractivity contribution < 1.29 is 4.42 Å². The van der Waals surface area contributed by atoms with Gasteiger partial charge in [-0.15, -0.1) is 0 Å². The van der Waals surface area contributed by atoms with Gasteiger partial charge in [0.25, 0.3) is 0 Å². The summed E-state index contributed by atoms with van der Waals surface area (Å²) in [5.41, 5.74) is 14.4. The van der Waals surface area contributed by atoms with Gasteiger partial charge in [-0.3, -0.25) is 0 Å². The summed E-state index contributed by atoms with van der Waals surface area (Å²) in [6.45, 7) is 4.69. The van der Waals surface area contributed by atoms with Crippen LogP contribution in [0, 0.1) is 0 Å². The lowest BCUT2D eigenvalue weighted by Gasteiger charge is -2.37. The summed E-state index contributed by atoms with van der Waals surface area (Å²) in [6, 6.07) is 72.5. The Morgan fingerprint density at radius 2 is 0.963 bits per heavy atom. The maximum Gasteiger partial charge on any atom is 0.140 e. The molecule has 258 valence electrons. The van der Waals surface area contributed by atoms with Gasteiger partial charge in [0, 0.05) is 38.8 Å². The van der Waals surface area contributed by atoms with Crippen molar-refractivity contribution in [3.8, 4) is 11.1 Å². The highest BCUT2D eigenvalue weighted by Gasteiger charge is 2.41. The number of nitrogens with zero attached hydrogens (tertiary/aromatic N) is 1. The molecule has 8 aromatic carbocycles. The lowest BCUT2D eigenvalue weighted by molar-refractivity contribution is 0.645. The first kappa shape index (κ1) is 32.0. The number of para-hydroxylation sites is 3. The molecular weight excluding hydrogens is 655 g/mol. The zero-order valence-corrected chi connectivity index (χ0v) is 30.4. The molecule has 0 amide bonds.